The van der Waals surface area contributed by atoms with Crippen molar-refractivity contribution in [3.63, 3.8) is 0 Å². The van der Waals surface area contributed by atoms with Crippen LogP contribution >= 0.6 is 0 Å². The molecule has 0 aliphatic carbocycles. The Labute approximate surface area is 123 Å². The second kappa shape index (κ2) is 6.88. The molecular weight excluding hydrogens is 268 g/mol. The topological polar surface area (TPSA) is 79.9 Å². The number of ether oxygens (including phenoxy) is 1. The molecule has 2 aromatic rings. The Morgan fingerprint density at radius 3 is 2.90 bits per heavy atom. The van der Waals surface area contributed by atoms with Crippen molar-refractivity contribution >= 4 is 5.91 Å². The largest absolute Gasteiger partial charge is 0.492 e. The first kappa shape index (κ1) is 15.0. The quantitative estimate of drug-likeness (QED) is 0.797. The minimum Gasteiger partial charge on any atom is -0.492 e. The molecule has 2 N–H and O–H groups in total. The molecule has 1 amide bonds. The van der Waals surface area contributed by atoms with Crippen molar-refractivity contribution < 1.29 is 9.53 Å². The lowest BCUT2D eigenvalue weighted by Gasteiger charge is -2.07. The smallest absolute Gasteiger partial charge is 0.291 e. The number of aromatic nitrogens is 3. The summed E-state index contributed by atoms with van der Waals surface area (Å²) in [6.07, 6.45) is 0. The molecule has 0 unspecified atom stereocenters. The summed E-state index contributed by atoms with van der Waals surface area (Å²) in [5.74, 6) is 1.57. The molecule has 0 aliphatic rings. The van der Waals surface area contributed by atoms with E-state index in [2.05, 4.69) is 20.5 Å². The van der Waals surface area contributed by atoms with Gasteiger partial charge < -0.3 is 10.1 Å². The Hall–Kier alpha value is -2.37. The summed E-state index contributed by atoms with van der Waals surface area (Å²) >= 11 is 0. The van der Waals surface area contributed by atoms with Crippen molar-refractivity contribution in [3.8, 4) is 5.75 Å². The van der Waals surface area contributed by atoms with Crippen LogP contribution in [-0.4, -0.2) is 34.2 Å². The third kappa shape index (κ3) is 4.30. The van der Waals surface area contributed by atoms with Gasteiger partial charge in [-0.1, -0.05) is 26.0 Å². The van der Waals surface area contributed by atoms with Crippen molar-refractivity contribution in [1.29, 1.82) is 0 Å². The molecule has 1 heterocycles. The maximum atomic E-state index is 11.8. The molecule has 6 heteroatoms. The number of H-pyrrole nitrogens is 1. The molecule has 0 saturated heterocycles. The van der Waals surface area contributed by atoms with Gasteiger partial charge in [0.25, 0.3) is 5.91 Å². The normalized spacial score (nSPS) is 10.7. The first-order valence-corrected chi connectivity index (χ1v) is 6.96. The maximum Gasteiger partial charge on any atom is 0.291 e. The highest BCUT2D eigenvalue weighted by atomic mass is 16.5. The molecular formula is C15H20N4O2. The number of nitrogens with one attached hydrogen (secondary N) is 2. The van der Waals surface area contributed by atoms with Crippen LogP contribution in [0.2, 0.25) is 0 Å². The van der Waals surface area contributed by atoms with Crippen LogP contribution in [0.25, 0.3) is 0 Å². The number of aromatic amines is 1. The van der Waals surface area contributed by atoms with E-state index in [1.165, 1.54) is 0 Å². The van der Waals surface area contributed by atoms with Gasteiger partial charge in [-0.05, 0) is 24.6 Å². The van der Waals surface area contributed by atoms with Crippen LogP contribution in [0.15, 0.2) is 24.3 Å². The molecule has 0 radical (unpaired) electrons. The van der Waals surface area contributed by atoms with E-state index in [0.29, 0.717) is 19.0 Å². The highest BCUT2D eigenvalue weighted by Crippen LogP contribution is 2.11. The van der Waals surface area contributed by atoms with Gasteiger partial charge in [-0.25, -0.2) is 4.98 Å². The van der Waals surface area contributed by atoms with Crippen LogP contribution < -0.4 is 10.1 Å². The highest BCUT2D eigenvalue weighted by molar-refractivity contribution is 5.90. The predicted octanol–water partition coefficient (Wildman–Crippen LogP) is 2.05. The lowest BCUT2D eigenvalue weighted by molar-refractivity contribution is 0.0937. The van der Waals surface area contributed by atoms with Crippen molar-refractivity contribution in [3.05, 3.63) is 41.5 Å². The maximum absolute atomic E-state index is 11.8. The second-order valence-electron chi connectivity index (χ2n) is 5.12. The molecule has 21 heavy (non-hydrogen) atoms. The molecule has 112 valence electrons. The molecule has 0 fully saturated rings. The number of carbonyl (C=O) groups is 1. The van der Waals surface area contributed by atoms with Gasteiger partial charge in [0.1, 0.15) is 18.2 Å². The third-order valence-corrected chi connectivity index (χ3v) is 2.90. The minimum absolute atomic E-state index is 0.161. The Kier molecular flexibility index (Phi) is 4.92. The van der Waals surface area contributed by atoms with E-state index in [4.69, 9.17) is 4.74 Å². The number of rotatable bonds is 6. The number of carbonyl (C=O) groups excluding carboxylic acids is 1. The fourth-order valence-corrected chi connectivity index (χ4v) is 1.75. The van der Waals surface area contributed by atoms with Crippen LogP contribution in [0.4, 0.5) is 0 Å². The average Bonchev–Trinajstić information content (AvgIpc) is 2.93. The predicted molar refractivity (Wildman–Crippen MR) is 79.5 cm³/mol. The standard InChI is InChI=1S/C15H20N4O2/c1-10(2)13-17-14(19-18-13)15(20)16-7-8-21-12-6-4-5-11(3)9-12/h4-6,9-10H,7-8H2,1-3H3,(H,16,20)(H,17,18,19). The highest BCUT2D eigenvalue weighted by Gasteiger charge is 2.13. The van der Waals surface area contributed by atoms with Gasteiger partial charge in [0.15, 0.2) is 0 Å². The van der Waals surface area contributed by atoms with E-state index >= 15 is 0 Å². The first-order valence-electron chi connectivity index (χ1n) is 6.96. The summed E-state index contributed by atoms with van der Waals surface area (Å²) in [5, 5.41) is 9.38. The summed E-state index contributed by atoms with van der Waals surface area (Å²) in [6.45, 7) is 6.77. The number of hydrogen-bond donors (Lipinski definition) is 2. The van der Waals surface area contributed by atoms with Gasteiger partial charge in [-0.15, -0.1) is 5.10 Å². The molecule has 2 rings (SSSR count). The SMILES string of the molecule is Cc1cccc(OCCNC(=O)c2n[nH]c(C(C)C)n2)c1. The monoisotopic (exact) mass is 288 g/mol. The van der Waals surface area contributed by atoms with Crippen LogP contribution in [0.5, 0.6) is 5.75 Å². The summed E-state index contributed by atoms with van der Waals surface area (Å²) in [4.78, 5) is 16.0. The fraction of sp³-hybridized carbons (Fsp3) is 0.400. The van der Waals surface area contributed by atoms with E-state index in [0.717, 1.165) is 11.3 Å². The van der Waals surface area contributed by atoms with Gasteiger partial charge >= 0.3 is 0 Å². The van der Waals surface area contributed by atoms with Gasteiger partial charge in [0.2, 0.25) is 5.82 Å². The number of benzene rings is 1. The number of nitrogens with zero attached hydrogens (tertiary/aromatic N) is 2. The number of hydrogen-bond acceptors (Lipinski definition) is 4. The molecule has 1 aromatic carbocycles. The molecule has 6 nitrogen and oxygen atoms in total. The lowest BCUT2D eigenvalue weighted by Crippen LogP contribution is -2.29. The van der Waals surface area contributed by atoms with Crippen molar-refractivity contribution in [1.82, 2.24) is 20.5 Å². The zero-order valence-electron chi connectivity index (χ0n) is 12.5. The van der Waals surface area contributed by atoms with E-state index < -0.39 is 0 Å². The fourth-order valence-electron chi connectivity index (χ4n) is 1.75. The molecule has 0 atom stereocenters. The van der Waals surface area contributed by atoms with E-state index in [1.54, 1.807) is 0 Å². The van der Waals surface area contributed by atoms with E-state index in [1.807, 2.05) is 45.0 Å². The van der Waals surface area contributed by atoms with Crippen LogP contribution in [0.1, 0.15) is 41.8 Å². The Bertz CT molecular complexity index is 607. The zero-order chi connectivity index (χ0) is 15.2. The van der Waals surface area contributed by atoms with Gasteiger partial charge in [0, 0.05) is 5.92 Å². The van der Waals surface area contributed by atoms with Gasteiger partial charge in [0.05, 0.1) is 6.54 Å². The number of aryl methyl sites for hydroxylation is 1. The van der Waals surface area contributed by atoms with Gasteiger partial charge in [-0.3, -0.25) is 9.89 Å². The van der Waals surface area contributed by atoms with Crippen molar-refractivity contribution in [2.24, 2.45) is 0 Å². The first-order chi connectivity index (χ1) is 10.1. The number of amides is 1. The summed E-state index contributed by atoms with van der Waals surface area (Å²) < 4.78 is 5.55. The second-order valence-corrected chi connectivity index (χ2v) is 5.12. The summed E-state index contributed by atoms with van der Waals surface area (Å²) in [7, 11) is 0. The summed E-state index contributed by atoms with van der Waals surface area (Å²) in [6, 6.07) is 7.78. The van der Waals surface area contributed by atoms with E-state index in [-0.39, 0.29) is 17.6 Å². The zero-order valence-corrected chi connectivity index (χ0v) is 12.5. The Morgan fingerprint density at radius 1 is 1.43 bits per heavy atom. The Balaban J connectivity index is 1.76. The van der Waals surface area contributed by atoms with Crippen molar-refractivity contribution in [2.75, 3.05) is 13.2 Å². The van der Waals surface area contributed by atoms with Crippen LogP contribution in [0, 0.1) is 6.92 Å². The lowest BCUT2D eigenvalue weighted by atomic mass is 10.2. The van der Waals surface area contributed by atoms with Crippen molar-refractivity contribution in [2.45, 2.75) is 26.7 Å². The van der Waals surface area contributed by atoms with Gasteiger partial charge in [-0.2, -0.15) is 0 Å². The summed E-state index contributed by atoms with van der Waals surface area (Å²) in [5.41, 5.74) is 1.14. The molecule has 0 aliphatic heterocycles. The van der Waals surface area contributed by atoms with Crippen LogP contribution in [0.3, 0.4) is 0 Å². The molecule has 0 bridgehead atoms. The van der Waals surface area contributed by atoms with E-state index in [9.17, 15) is 4.79 Å². The third-order valence-electron chi connectivity index (χ3n) is 2.90. The average molecular weight is 288 g/mol. The van der Waals surface area contributed by atoms with Crippen LogP contribution in [-0.2, 0) is 0 Å². The molecule has 0 spiro atoms. The minimum atomic E-state index is -0.300. The Morgan fingerprint density at radius 2 is 2.24 bits per heavy atom. The molecule has 0 saturated carbocycles. The molecule has 1 aromatic heterocycles.